The molecule has 0 bridgehead atoms. The molecule has 3 rings (SSSR count). The molecule has 2 aliphatic heterocycles. The van der Waals surface area contributed by atoms with Crippen molar-refractivity contribution in [2.24, 2.45) is 5.41 Å². The van der Waals surface area contributed by atoms with Gasteiger partial charge in [-0.15, -0.1) is 0 Å². The summed E-state index contributed by atoms with van der Waals surface area (Å²) in [6, 6.07) is 7.39. The molecule has 0 aliphatic carbocycles. The second-order valence-corrected chi connectivity index (χ2v) is 6.26. The number of phenols is 1. The average Bonchev–Trinajstić information content (AvgIpc) is 2.95. The van der Waals surface area contributed by atoms with E-state index >= 15 is 0 Å². The zero-order valence-corrected chi connectivity index (χ0v) is 12.5. The van der Waals surface area contributed by atoms with Gasteiger partial charge in [-0.05, 0) is 32.0 Å². The van der Waals surface area contributed by atoms with Gasteiger partial charge >= 0.3 is 0 Å². The zero-order chi connectivity index (χ0) is 14.9. The van der Waals surface area contributed by atoms with E-state index in [1.165, 1.54) is 0 Å². The van der Waals surface area contributed by atoms with E-state index < -0.39 is 0 Å². The number of nitrogens with zero attached hydrogens (tertiary/aromatic N) is 2. The van der Waals surface area contributed by atoms with E-state index in [0.717, 1.165) is 51.4 Å². The Balaban J connectivity index is 1.63. The van der Waals surface area contributed by atoms with Crippen molar-refractivity contribution < 1.29 is 9.90 Å². The van der Waals surface area contributed by atoms with Gasteiger partial charge in [0.2, 0.25) is 5.91 Å². The normalized spacial score (nSPS) is 26.1. The van der Waals surface area contributed by atoms with Crippen LogP contribution in [-0.2, 0) is 4.79 Å². The molecule has 1 unspecified atom stereocenters. The minimum absolute atomic E-state index is 0.239. The van der Waals surface area contributed by atoms with Crippen LogP contribution in [0, 0.1) is 5.41 Å². The third kappa shape index (κ3) is 2.70. The molecule has 0 radical (unpaired) electrons. The lowest BCUT2D eigenvalue weighted by Crippen LogP contribution is -2.53. The van der Waals surface area contributed by atoms with Crippen LogP contribution in [0.15, 0.2) is 24.3 Å². The summed E-state index contributed by atoms with van der Waals surface area (Å²) >= 11 is 0. The predicted molar refractivity (Wildman–Crippen MR) is 82.5 cm³/mol. The molecule has 2 aliphatic rings. The first kappa shape index (κ1) is 14.2. The molecule has 5 heteroatoms. The van der Waals surface area contributed by atoms with Crippen LogP contribution in [0.25, 0.3) is 0 Å². The predicted octanol–water partition coefficient (Wildman–Crippen LogP) is 1.04. The monoisotopic (exact) mass is 289 g/mol. The van der Waals surface area contributed by atoms with Crippen LogP contribution >= 0.6 is 0 Å². The van der Waals surface area contributed by atoms with Gasteiger partial charge in [-0.2, -0.15) is 0 Å². The Bertz CT molecular complexity index is 518. The van der Waals surface area contributed by atoms with E-state index in [-0.39, 0.29) is 11.3 Å². The molecule has 1 atom stereocenters. The van der Waals surface area contributed by atoms with Crippen molar-refractivity contribution >= 4 is 11.6 Å². The molecule has 1 amide bonds. The van der Waals surface area contributed by atoms with Gasteiger partial charge in [0, 0.05) is 32.7 Å². The van der Waals surface area contributed by atoms with Gasteiger partial charge in [0.05, 0.1) is 11.1 Å². The fourth-order valence-corrected chi connectivity index (χ4v) is 3.26. The summed E-state index contributed by atoms with van der Waals surface area (Å²) in [4.78, 5) is 16.8. The highest BCUT2D eigenvalue weighted by atomic mass is 16.3. The number of anilines is 1. The van der Waals surface area contributed by atoms with Gasteiger partial charge < -0.3 is 20.2 Å². The molecule has 5 nitrogen and oxygen atoms in total. The van der Waals surface area contributed by atoms with Gasteiger partial charge in [-0.1, -0.05) is 12.1 Å². The molecule has 0 aromatic heterocycles. The van der Waals surface area contributed by atoms with Crippen molar-refractivity contribution in [1.82, 2.24) is 10.2 Å². The van der Waals surface area contributed by atoms with E-state index in [1.807, 2.05) is 23.1 Å². The number of aromatic hydroxyl groups is 1. The van der Waals surface area contributed by atoms with Crippen molar-refractivity contribution in [3.8, 4) is 5.75 Å². The number of benzene rings is 1. The topological polar surface area (TPSA) is 55.8 Å². The molecule has 1 aromatic carbocycles. The van der Waals surface area contributed by atoms with Gasteiger partial charge in [0.1, 0.15) is 5.75 Å². The smallest absolute Gasteiger partial charge is 0.229 e. The molecular weight excluding hydrogens is 266 g/mol. The highest BCUT2D eigenvalue weighted by Crippen LogP contribution is 2.30. The van der Waals surface area contributed by atoms with Crippen molar-refractivity contribution in [1.29, 1.82) is 0 Å². The van der Waals surface area contributed by atoms with Crippen molar-refractivity contribution in [2.75, 3.05) is 44.2 Å². The van der Waals surface area contributed by atoms with Gasteiger partial charge in [-0.3, -0.25) is 4.79 Å². The number of hydrogen-bond donors (Lipinski definition) is 2. The summed E-state index contributed by atoms with van der Waals surface area (Å²) in [7, 11) is 0. The molecular formula is C16H23N3O2. The zero-order valence-electron chi connectivity index (χ0n) is 12.5. The Kier molecular flexibility index (Phi) is 3.76. The second kappa shape index (κ2) is 5.56. The Labute approximate surface area is 125 Å². The van der Waals surface area contributed by atoms with Crippen LogP contribution in [0.1, 0.15) is 13.3 Å². The third-order valence-corrected chi connectivity index (χ3v) is 4.67. The lowest BCUT2D eigenvalue weighted by Gasteiger charge is -2.39. The van der Waals surface area contributed by atoms with Crippen LogP contribution in [0.4, 0.5) is 5.69 Å². The van der Waals surface area contributed by atoms with Gasteiger partial charge in [0.25, 0.3) is 0 Å². The number of rotatable bonds is 2. The lowest BCUT2D eigenvalue weighted by atomic mass is 9.88. The first-order valence-corrected chi connectivity index (χ1v) is 7.63. The molecule has 0 saturated carbocycles. The maximum absolute atomic E-state index is 12.7. The highest BCUT2D eigenvalue weighted by molar-refractivity contribution is 5.83. The SMILES string of the molecule is CC1(C(=O)N2CCN(c3ccccc3O)CC2)CCNC1. The Morgan fingerprint density at radius 2 is 1.95 bits per heavy atom. The fraction of sp³-hybridized carbons (Fsp3) is 0.562. The Morgan fingerprint density at radius 1 is 1.24 bits per heavy atom. The lowest BCUT2D eigenvalue weighted by molar-refractivity contribution is -0.140. The van der Waals surface area contributed by atoms with E-state index in [9.17, 15) is 9.90 Å². The van der Waals surface area contributed by atoms with Crippen LogP contribution in [0.5, 0.6) is 5.75 Å². The van der Waals surface area contributed by atoms with Crippen molar-refractivity contribution in [3.63, 3.8) is 0 Å². The number of carbonyl (C=O) groups is 1. The summed E-state index contributed by atoms with van der Waals surface area (Å²) in [6.07, 6.45) is 0.922. The number of hydrogen-bond acceptors (Lipinski definition) is 4. The molecule has 2 N–H and O–H groups in total. The third-order valence-electron chi connectivity index (χ3n) is 4.67. The maximum atomic E-state index is 12.7. The highest BCUT2D eigenvalue weighted by Gasteiger charge is 2.39. The molecule has 0 spiro atoms. The Morgan fingerprint density at radius 3 is 2.57 bits per heavy atom. The number of para-hydroxylation sites is 2. The summed E-state index contributed by atoms with van der Waals surface area (Å²) < 4.78 is 0. The van der Waals surface area contributed by atoms with E-state index in [2.05, 4.69) is 17.1 Å². The van der Waals surface area contributed by atoms with E-state index in [0.29, 0.717) is 5.75 Å². The Hall–Kier alpha value is -1.75. The number of phenolic OH excluding ortho intramolecular Hbond substituents is 1. The van der Waals surface area contributed by atoms with Crippen LogP contribution in [-0.4, -0.2) is 55.2 Å². The largest absolute Gasteiger partial charge is 0.506 e. The van der Waals surface area contributed by atoms with E-state index in [1.54, 1.807) is 6.07 Å². The molecule has 114 valence electrons. The van der Waals surface area contributed by atoms with E-state index in [4.69, 9.17) is 0 Å². The minimum atomic E-state index is -0.239. The van der Waals surface area contributed by atoms with Crippen molar-refractivity contribution in [3.05, 3.63) is 24.3 Å². The minimum Gasteiger partial charge on any atom is -0.506 e. The number of amides is 1. The fourth-order valence-electron chi connectivity index (χ4n) is 3.26. The summed E-state index contributed by atoms with van der Waals surface area (Å²) in [6.45, 7) is 6.77. The van der Waals surface area contributed by atoms with Crippen LogP contribution in [0.3, 0.4) is 0 Å². The van der Waals surface area contributed by atoms with Crippen LogP contribution in [0.2, 0.25) is 0 Å². The average molecular weight is 289 g/mol. The quantitative estimate of drug-likeness (QED) is 0.854. The number of carbonyl (C=O) groups excluding carboxylic acids is 1. The molecule has 21 heavy (non-hydrogen) atoms. The molecule has 2 saturated heterocycles. The summed E-state index contributed by atoms with van der Waals surface area (Å²) in [5.74, 6) is 0.577. The first-order valence-electron chi connectivity index (χ1n) is 7.63. The molecule has 2 fully saturated rings. The van der Waals surface area contributed by atoms with Crippen LogP contribution < -0.4 is 10.2 Å². The number of piperazine rings is 1. The summed E-state index contributed by atoms with van der Waals surface area (Å²) in [5, 5.41) is 13.2. The molecule has 2 heterocycles. The maximum Gasteiger partial charge on any atom is 0.229 e. The number of nitrogens with one attached hydrogen (secondary N) is 1. The summed E-state index contributed by atoms with van der Waals surface area (Å²) in [5.41, 5.74) is 0.621. The van der Waals surface area contributed by atoms with Crippen molar-refractivity contribution in [2.45, 2.75) is 13.3 Å². The second-order valence-electron chi connectivity index (χ2n) is 6.26. The van der Waals surface area contributed by atoms with Gasteiger partial charge in [0.15, 0.2) is 0 Å². The standard InChI is InChI=1S/C16H23N3O2/c1-16(6-7-17-12-16)15(21)19-10-8-18(9-11-19)13-4-2-3-5-14(13)20/h2-5,17,20H,6-12H2,1H3. The molecule has 1 aromatic rings. The van der Waals surface area contributed by atoms with Gasteiger partial charge in [-0.25, -0.2) is 0 Å². The first-order chi connectivity index (χ1) is 10.1.